The number of nitrogens with one attached hydrogen (secondary N) is 1. The van der Waals surface area contributed by atoms with E-state index in [0.29, 0.717) is 5.56 Å². The second kappa shape index (κ2) is 5.12. The van der Waals surface area contributed by atoms with E-state index < -0.39 is 0 Å². The summed E-state index contributed by atoms with van der Waals surface area (Å²) < 4.78 is 0. The maximum absolute atomic E-state index is 10.9. The molecule has 0 unspecified atom stereocenters. The Balaban J connectivity index is 2.51. The molecule has 2 aromatic rings. The van der Waals surface area contributed by atoms with Gasteiger partial charge in [0.2, 0.25) is 0 Å². The molecule has 16 heavy (non-hydrogen) atoms. The van der Waals surface area contributed by atoms with Gasteiger partial charge in [-0.3, -0.25) is 4.79 Å². The fourth-order valence-corrected chi connectivity index (χ4v) is 2.01. The molecule has 0 atom stereocenters. The number of rotatable bonds is 4. The van der Waals surface area contributed by atoms with E-state index in [2.05, 4.69) is 33.1 Å². The fourth-order valence-electron chi connectivity index (χ4n) is 1.75. The summed E-state index contributed by atoms with van der Waals surface area (Å²) in [7, 11) is 0. The molecule has 1 aromatic heterocycles. The molecule has 0 spiro atoms. The fraction of sp³-hybridized carbons (Fsp3) is 0.154. The van der Waals surface area contributed by atoms with E-state index in [9.17, 15) is 4.79 Å². The van der Waals surface area contributed by atoms with Gasteiger partial charge in [-0.25, -0.2) is 0 Å². The Morgan fingerprint density at radius 3 is 2.94 bits per heavy atom. The molecule has 0 radical (unpaired) electrons. The SMILES string of the molecule is O=Cc1c[nH]c2cccc(C=CCCBr)c12. The number of aromatic nitrogens is 1. The molecule has 0 aliphatic rings. The lowest BCUT2D eigenvalue weighted by Gasteiger charge is -1.97. The quantitative estimate of drug-likeness (QED) is 0.670. The zero-order chi connectivity index (χ0) is 11.4. The Morgan fingerprint density at radius 1 is 1.31 bits per heavy atom. The van der Waals surface area contributed by atoms with Gasteiger partial charge in [0.25, 0.3) is 0 Å². The van der Waals surface area contributed by atoms with Crippen LogP contribution in [0, 0.1) is 0 Å². The van der Waals surface area contributed by atoms with E-state index in [1.165, 1.54) is 0 Å². The smallest absolute Gasteiger partial charge is 0.152 e. The van der Waals surface area contributed by atoms with Gasteiger partial charge >= 0.3 is 0 Å². The third-order valence-corrected chi connectivity index (χ3v) is 2.93. The van der Waals surface area contributed by atoms with Crippen molar-refractivity contribution in [1.29, 1.82) is 0 Å². The van der Waals surface area contributed by atoms with Crippen molar-refractivity contribution in [3.8, 4) is 0 Å². The summed E-state index contributed by atoms with van der Waals surface area (Å²) in [6.45, 7) is 0. The first-order valence-electron chi connectivity index (χ1n) is 5.14. The lowest BCUT2D eigenvalue weighted by atomic mass is 10.1. The number of hydrogen-bond acceptors (Lipinski definition) is 1. The monoisotopic (exact) mass is 277 g/mol. The van der Waals surface area contributed by atoms with Crippen LogP contribution in [0.2, 0.25) is 0 Å². The van der Waals surface area contributed by atoms with Gasteiger partial charge in [0.1, 0.15) is 0 Å². The second-order valence-corrected chi connectivity index (χ2v) is 4.30. The summed E-state index contributed by atoms with van der Waals surface area (Å²) in [6.07, 6.45) is 7.78. The molecule has 3 heteroatoms. The van der Waals surface area contributed by atoms with Crippen LogP contribution >= 0.6 is 15.9 Å². The number of carbonyl (C=O) groups is 1. The summed E-state index contributed by atoms with van der Waals surface area (Å²) in [4.78, 5) is 14.0. The average Bonchev–Trinajstić information content (AvgIpc) is 2.73. The molecular weight excluding hydrogens is 266 g/mol. The van der Waals surface area contributed by atoms with Crippen molar-refractivity contribution >= 4 is 39.2 Å². The summed E-state index contributed by atoms with van der Waals surface area (Å²) in [5.41, 5.74) is 2.80. The maximum atomic E-state index is 10.9. The summed E-state index contributed by atoms with van der Waals surface area (Å²) in [6, 6.07) is 5.99. The van der Waals surface area contributed by atoms with E-state index in [-0.39, 0.29) is 0 Å². The number of alkyl halides is 1. The van der Waals surface area contributed by atoms with Crippen molar-refractivity contribution in [2.75, 3.05) is 5.33 Å². The summed E-state index contributed by atoms with van der Waals surface area (Å²) in [5, 5.41) is 1.95. The number of aldehydes is 1. The number of carbonyl (C=O) groups excluding carboxylic acids is 1. The minimum atomic E-state index is 0.717. The van der Waals surface area contributed by atoms with Crippen molar-refractivity contribution in [3.63, 3.8) is 0 Å². The van der Waals surface area contributed by atoms with Gasteiger partial charge in [-0.2, -0.15) is 0 Å². The molecule has 2 nitrogen and oxygen atoms in total. The van der Waals surface area contributed by atoms with Crippen LogP contribution in [-0.4, -0.2) is 16.6 Å². The van der Waals surface area contributed by atoms with Crippen LogP contribution in [0.5, 0.6) is 0 Å². The lowest BCUT2D eigenvalue weighted by Crippen LogP contribution is -1.80. The Labute approximate surface area is 102 Å². The largest absolute Gasteiger partial charge is 0.360 e. The van der Waals surface area contributed by atoms with Crippen molar-refractivity contribution in [3.05, 3.63) is 41.6 Å². The van der Waals surface area contributed by atoms with Gasteiger partial charge < -0.3 is 4.98 Å². The highest BCUT2D eigenvalue weighted by atomic mass is 79.9. The number of fused-ring (bicyclic) bond motifs is 1. The van der Waals surface area contributed by atoms with Crippen LogP contribution in [0.1, 0.15) is 22.3 Å². The molecular formula is C13H12BrNO. The van der Waals surface area contributed by atoms with E-state index in [4.69, 9.17) is 0 Å². The minimum Gasteiger partial charge on any atom is -0.360 e. The molecule has 2 rings (SSSR count). The molecule has 0 aliphatic carbocycles. The summed E-state index contributed by atoms with van der Waals surface area (Å²) in [5.74, 6) is 0. The van der Waals surface area contributed by atoms with Gasteiger partial charge in [0.05, 0.1) is 0 Å². The zero-order valence-corrected chi connectivity index (χ0v) is 10.3. The number of H-pyrrole nitrogens is 1. The number of hydrogen-bond donors (Lipinski definition) is 1. The van der Waals surface area contributed by atoms with Crippen LogP contribution in [0.3, 0.4) is 0 Å². The molecule has 0 saturated heterocycles. The molecule has 1 aromatic carbocycles. The minimum absolute atomic E-state index is 0.717. The number of aromatic amines is 1. The molecule has 82 valence electrons. The van der Waals surface area contributed by atoms with Crippen molar-refractivity contribution in [2.24, 2.45) is 0 Å². The van der Waals surface area contributed by atoms with Gasteiger partial charge in [-0.05, 0) is 18.1 Å². The van der Waals surface area contributed by atoms with E-state index in [1.807, 2.05) is 18.2 Å². The predicted molar refractivity (Wildman–Crippen MR) is 71.1 cm³/mol. The predicted octanol–water partition coefficient (Wildman–Crippen LogP) is 3.78. The van der Waals surface area contributed by atoms with E-state index in [0.717, 1.165) is 34.5 Å². The third-order valence-electron chi connectivity index (χ3n) is 2.47. The molecule has 1 N–H and O–H groups in total. The zero-order valence-electron chi connectivity index (χ0n) is 8.74. The Bertz CT molecular complexity index is 528. The first kappa shape index (κ1) is 11.1. The first-order valence-corrected chi connectivity index (χ1v) is 6.26. The molecule has 0 aliphatic heterocycles. The molecule has 0 amide bonds. The molecule has 0 bridgehead atoms. The van der Waals surface area contributed by atoms with Crippen molar-refractivity contribution in [1.82, 2.24) is 4.98 Å². The van der Waals surface area contributed by atoms with Crippen LogP contribution in [0.25, 0.3) is 17.0 Å². The van der Waals surface area contributed by atoms with Gasteiger partial charge in [0.15, 0.2) is 6.29 Å². The van der Waals surface area contributed by atoms with Gasteiger partial charge in [0, 0.05) is 28.0 Å². The second-order valence-electron chi connectivity index (χ2n) is 3.51. The first-order chi connectivity index (χ1) is 7.86. The summed E-state index contributed by atoms with van der Waals surface area (Å²) >= 11 is 3.38. The molecule has 1 heterocycles. The highest BCUT2D eigenvalue weighted by molar-refractivity contribution is 9.09. The van der Waals surface area contributed by atoms with Gasteiger partial charge in [-0.1, -0.05) is 40.2 Å². The van der Waals surface area contributed by atoms with E-state index in [1.54, 1.807) is 6.20 Å². The highest BCUT2D eigenvalue weighted by Crippen LogP contribution is 2.22. The third kappa shape index (κ3) is 2.09. The normalized spacial score (nSPS) is 11.3. The van der Waals surface area contributed by atoms with Crippen molar-refractivity contribution < 1.29 is 4.79 Å². The van der Waals surface area contributed by atoms with Crippen LogP contribution < -0.4 is 0 Å². The molecule has 0 fully saturated rings. The van der Waals surface area contributed by atoms with Crippen molar-refractivity contribution in [2.45, 2.75) is 6.42 Å². The number of benzene rings is 1. The Morgan fingerprint density at radius 2 is 2.19 bits per heavy atom. The van der Waals surface area contributed by atoms with E-state index >= 15 is 0 Å². The highest BCUT2D eigenvalue weighted by Gasteiger charge is 2.05. The Kier molecular flexibility index (Phi) is 3.57. The average molecular weight is 278 g/mol. The molecule has 0 saturated carbocycles. The number of allylic oxidation sites excluding steroid dienone is 1. The van der Waals surface area contributed by atoms with Gasteiger partial charge in [-0.15, -0.1) is 0 Å². The Hall–Kier alpha value is -1.35. The lowest BCUT2D eigenvalue weighted by molar-refractivity contribution is 0.112. The van der Waals surface area contributed by atoms with Crippen LogP contribution in [0.4, 0.5) is 0 Å². The van der Waals surface area contributed by atoms with Crippen LogP contribution in [0.15, 0.2) is 30.5 Å². The topological polar surface area (TPSA) is 32.9 Å². The number of halogens is 1. The maximum Gasteiger partial charge on any atom is 0.152 e. The standard InChI is InChI=1S/C13H12BrNO/c14-7-2-1-4-10-5-3-6-12-13(10)11(9-16)8-15-12/h1,3-6,8-9,15H,2,7H2. The van der Waals surface area contributed by atoms with Crippen LogP contribution in [-0.2, 0) is 0 Å².